The van der Waals surface area contributed by atoms with Gasteiger partial charge >= 0.3 is 6.03 Å². The SMILES string of the molecule is CC(NC(=O)C1CCCNC1)c1ccc(NC(=O)NC2CC2)cc1. The number of urea groups is 1. The van der Waals surface area contributed by atoms with Gasteiger partial charge in [-0.25, -0.2) is 4.79 Å². The normalized spacial score (nSPS) is 21.6. The molecule has 1 heterocycles. The van der Waals surface area contributed by atoms with Crippen LogP contribution in [0.3, 0.4) is 0 Å². The van der Waals surface area contributed by atoms with Crippen molar-refractivity contribution < 1.29 is 9.59 Å². The van der Waals surface area contributed by atoms with E-state index in [1.165, 1.54) is 0 Å². The maximum atomic E-state index is 12.3. The van der Waals surface area contributed by atoms with Crippen LogP contribution < -0.4 is 21.3 Å². The average molecular weight is 330 g/mol. The number of piperidine rings is 1. The minimum Gasteiger partial charge on any atom is -0.349 e. The Bertz CT molecular complexity index is 577. The summed E-state index contributed by atoms with van der Waals surface area (Å²) in [5.74, 6) is 0.175. The highest BCUT2D eigenvalue weighted by Crippen LogP contribution is 2.20. The van der Waals surface area contributed by atoms with E-state index in [1.54, 1.807) is 0 Å². The maximum Gasteiger partial charge on any atom is 0.319 e. The first-order valence-electron chi connectivity index (χ1n) is 8.80. The first-order chi connectivity index (χ1) is 11.6. The monoisotopic (exact) mass is 330 g/mol. The summed E-state index contributed by atoms with van der Waals surface area (Å²) in [6.07, 6.45) is 4.14. The van der Waals surface area contributed by atoms with Crippen molar-refractivity contribution in [3.8, 4) is 0 Å². The summed E-state index contributed by atoms with van der Waals surface area (Å²) in [5, 5.41) is 12.1. The molecule has 6 nitrogen and oxygen atoms in total. The summed E-state index contributed by atoms with van der Waals surface area (Å²) in [4.78, 5) is 24.0. The van der Waals surface area contributed by atoms with Crippen molar-refractivity contribution in [2.45, 2.75) is 44.7 Å². The van der Waals surface area contributed by atoms with E-state index in [-0.39, 0.29) is 23.9 Å². The maximum absolute atomic E-state index is 12.3. The van der Waals surface area contributed by atoms with Crippen molar-refractivity contribution in [3.05, 3.63) is 29.8 Å². The Morgan fingerprint density at radius 3 is 2.54 bits per heavy atom. The van der Waals surface area contributed by atoms with E-state index >= 15 is 0 Å². The van der Waals surface area contributed by atoms with Crippen LogP contribution in [0, 0.1) is 5.92 Å². The van der Waals surface area contributed by atoms with Gasteiger partial charge in [-0.2, -0.15) is 0 Å². The van der Waals surface area contributed by atoms with Crippen LogP contribution in [0.5, 0.6) is 0 Å². The lowest BCUT2D eigenvalue weighted by Crippen LogP contribution is -2.41. The average Bonchev–Trinajstić information content (AvgIpc) is 3.40. The third kappa shape index (κ3) is 4.71. The lowest BCUT2D eigenvalue weighted by atomic mass is 9.98. The summed E-state index contributed by atoms with van der Waals surface area (Å²) < 4.78 is 0. The Labute approximate surface area is 142 Å². The number of carbonyl (C=O) groups is 2. The summed E-state index contributed by atoms with van der Waals surface area (Å²) in [5.41, 5.74) is 1.78. The molecule has 1 aromatic rings. The van der Waals surface area contributed by atoms with Gasteiger partial charge in [-0.3, -0.25) is 4.79 Å². The van der Waals surface area contributed by atoms with E-state index in [2.05, 4.69) is 21.3 Å². The van der Waals surface area contributed by atoms with Crippen LogP contribution in [-0.4, -0.2) is 31.1 Å². The van der Waals surface area contributed by atoms with Crippen molar-refractivity contribution in [1.29, 1.82) is 0 Å². The molecule has 6 heteroatoms. The fourth-order valence-electron chi connectivity index (χ4n) is 2.93. The second kappa shape index (κ2) is 7.66. The number of anilines is 1. The number of rotatable bonds is 5. The lowest BCUT2D eigenvalue weighted by molar-refractivity contribution is -0.126. The minimum atomic E-state index is -0.156. The highest BCUT2D eigenvalue weighted by molar-refractivity contribution is 5.89. The molecule has 1 saturated carbocycles. The van der Waals surface area contributed by atoms with Gasteiger partial charge < -0.3 is 21.3 Å². The zero-order chi connectivity index (χ0) is 16.9. The molecular weight excluding hydrogens is 304 g/mol. The van der Waals surface area contributed by atoms with Gasteiger partial charge in [0, 0.05) is 18.3 Å². The molecule has 130 valence electrons. The Kier molecular flexibility index (Phi) is 5.35. The fraction of sp³-hybridized carbons (Fsp3) is 0.556. The van der Waals surface area contributed by atoms with Gasteiger partial charge in [0.1, 0.15) is 0 Å². The van der Waals surface area contributed by atoms with Gasteiger partial charge in [0.25, 0.3) is 0 Å². The van der Waals surface area contributed by atoms with E-state index < -0.39 is 0 Å². The molecule has 24 heavy (non-hydrogen) atoms. The van der Waals surface area contributed by atoms with Gasteiger partial charge in [0.05, 0.1) is 12.0 Å². The van der Waals surface area contributed by atoms with Crippen molar-refractivity contribution >= 4 is 17.6 Å². The highest BCUT2D eigenvalue weighted by atomic mass is 16.2. The van der Waals surface area contributed by atoms with Crippen LogP contribution in [0.15, 0.2) is 24.3 Å². The molecule has 1 aliphatic heterocycles. The number of benzene rings is 1. The van der Waals surface area contributed by atoms with E-state index in [1.807, 2.05) is 31.2 Å². The Hall–Kier alpha value is -2.08. The third-order valence-corrected chi connectivity index (χ3v) is 4.61. The Balaban J connectivity index is 1.50. The van der Waals surface area contributed by atoms with Gasteiger partial charge in [0.2, 0.25) is 5.91 Å². The number of hydrogen-bond donors (Lipinski definition) is 4. The first-order valence-corrected chi connectivity index (χ1v) is 8.80. The summed E-state index contributed by atoms with van der Waals surface area (Å²) in [7, 11) is 0. The quantitative estimate of drug-likeness (QED) is 0.668. The van der Waals surface area contributed by atoms with Crippen LogP contribution in [0.2, 0.25) is 0 Å². The molecule has 0 radical (unpaired) electrons. The third-order valence-electron chi connectivity index (χ3n) is 4.61. The van der Waals surface area contributed by atoms with Gasteiger partial charge in [-0.05, 0) is 56.8 Å². The van der Waals surface area contributed by atoms with Crippen molar-refractivity contribution in [2.24, 2.45) is 5.92 Å². The molecule has 1 saturated heterocycles. The molecular formula is C18H26N4O2. The van der Waals surface area contributed by atoms with Crippen molar-refractivity contribution in [3.63, 3.8) is 0 Å². The standard InChI is InChI=1S/C18H26N4O2/c1-12(20-17(23)14-3-2-10-19-11-14)13-4-6-15(7-5-13)21-18(24)22-16-8-9-16/h4-7,12,14,16,19H,2-3,8-11H2,1H3,(H,20,23)(H2,21,22,24). The van der Waals surface area contributed by atoms with E-state index in [9.17, 15) is 9.59 Å². The predicted molar refractivity (Wildman–Crippen MR) is 93.8 cm³/mol. The van der Waals surface area contributed by atoms with Crippen LogP contribution in [0.25, 0.3) is 0 Å². The Morgan fingerprint density at radius 2 is 1.92 bits per heavy atom. The second-order valence-electron chi connectivity index (χ2n) is 6.77. The molecule has 2 fully saturated rings. The van der Waals surface area contributed by atoms with E-state index in [0.717, 1.165) is 50.0 Å². The summed E-state index contributed by atoms with van der Waals surface area (Å²) >= 11 is 0. The van der Waals surface area contributed by atoms with Crippen LogP contribution in [-0.2, 0) is 4.79 Å². The van der Waals surface area contributed by atoms with Crippen LogP contribution in [0.1, 0.15) is 44.2 Å². The molecule has 2 unspecified atom stereocenters. The highest BCUT2D eigenvalue weighted by Gasteiger charge is 2.23. The van der Waals surface area contributed by atoms with Crippen LogP contribution in [0.4, 0.5) is 10.5 Å². The van der Waals surface area contributed by atoms with Crippen LogP contribution >= 0.6 is 0 Å². The predicted octanol–water partition coefficient (Wildman–Crippen LogP) is 2.15. The molecule has 0 bridgehead atoms. The molecule has 0 spiro atoms. The van der Waals surface area contributed by atoms with Gasteiger partial charge in [-0.1, -0.05) is 12.1 Å². The van der Waals surface area contributed by atoms with Crippen molar-refractivity contribution in [1.82, 2.24) is 16.0 Å². The zero-order valence-electron chi connectivity index (χ0n) is 14.1. The topological polar surface area (TPSA) is 82.3 Å². The Morgan fingerprint density at radius 1 is 1.17 bits per heavy atom. The smallest absolute Gasteiger partial charge is 0.319 e. The zero-order valence-corrected chi connectivity index (χ0v) is 14.1. The molecule has 0 aromatic heterocycles. The molecule has 3 amide bonds. The van der Waals surface area contributed by atoms with E-state index in [0.29, 0.717) is 6.04 Å². The summed E-state index contributed by atoms with van der Waals surface area (Å²) in [6.45, 7) is 3.75. The fourth-order valence-corrected chi connectivity index (χ4v) is 2.93. The molecule has 2 atom stereocenters. The minimum absolute atomic E-state index is 0.0474. The molecule has 3 rings (SSSR count). The number of hydrogen-bond acceptors (Lipinski definition) is 3. The van der Waals surface area contributed by atoms with Gasteiger partial charge in [-0.15, -0.1) is 0 Å². The largest absolute Gasteiger partial charge is 0.349 e. The number of carbonyl (C=O) groups excluding carboxylic acids is 2. The number of nitrogens with one attached hydrogen (secondary N) is 4. The summed E-state index contributed by atoms with van der Waals surface area (Å²) in [6, 6.07) is 7.76. The first kappa shape index (κ1) is 16.8. The molecule has 2 aliphatic rings. The van der Waals surface area contributed by atoms with E-state index in [4.69, 9.17) is 0 Å². The molecule has 1 aromatic carbocycles. The van der Waals surface area contributed by atoms with Gasteiger partial charge in [0.15, 0.2) is 0 Å². The lowest BCUT2D eigenvalue weighted by Gasteiger charge is -2.24. The second-order valence-corrected chi connectivity index (χ2v) is 6.77. The van der Waals surface area contributed by atoms with Crippen molar-refractivity contribution in [2.75, 3.05) is 18.4 Å². The molecule has 1 aliphatic carbocycles. The molecule has 4 N–H and O–H groups in total. The number of amides is 3.